The van der Waals surface area contributed by atoms with Crippen molar-refractivity contribution in [3.8, 4) is 0 Å². The Morgan fingerprint density at radius 3 is 2.50 bits per heavy atom. The van der Waals surface area contributed by atoms with Crippen molar-refractivity contribution in [1.82, 2.24) is 0 Å². The Hall–Kier alpha value is 0.0249. The fraction of sp³-hybridized carbons (Fsp3) is 1.00. The van der Waals surface area contributed by atoms with E-state index in [1.165, 1.54) is 12.8 Å². The van der Waals surface area contributed by atoms with Crippen molar-refractivity contribution in [3.63, 3.8) is 0 Å². The summed E-state index contributed by atoms with van der Waals surface area (Å²) in [5.74, 6) is 0.620. The molecule has 1 unspecified atom stereocenters. The van der Waals surface area contributed by atoms with E-state index in [2.05, 4.69) is 6.82 Å². The average Bonchev–Trinajstić information content (AvgIpc) is 2.14. The molecule has 1 nitrogen and oxygen atoms in total. The van der Waals surface area contributed by atoms with E-state index in [4.69, 9.17) is 0 Å². The van der Waals surface area contributed by atoms with Gasteiger partial charge in [-0.3, -0.25) is 0 Å². The van der Waals surface area contributed by atoms with Gasteiger partial charge in [0.15, 0.2) is 0 Å². The molecule has 0 saturated heterocycles. The van der Waals surface area contributed by atoms with E-state index in [1.54, 1.807) is 0 Å². The SMILES string of the molecule is CBC1CCC[C@H]1O. The second kappa shape index (κ2) is 2.54. The fourth-order valence-electron chi connectivity index (χ4n) is 1.49. The lowest BCUT2D eigenvalue weighted by atomic mass is 9.65. The average molecular weight is 112 g/mol. The first-order valence-corrected chi connectivity index (χ1v) is 3.52. The van der Waals surface area contributed by atoms with E-state index in [-0.39, 0.29) is 6.10 Å². The third-order valence-electron chi connectivity index (χ3n) is 2.14. The van der Waals surface area contributed by atoms with Crippen molar-refractivity contribution in [2.45, 2.75) is 38.0 Å². The Balaban J connectivity index is 2.30. The van der Waals surface area contributed by atoms with Crippen molar-refractivity contribution in [1.29, 1.82) is 0 Å². The van der Waals surface area contributed by atoms with Crippen LogP contribution in [0, 0.1) is 0 Å². The Kier molecular flexibility index (Phi) is 1.95. The van der Waals surface area contributed by atoms with Gasteiger partial charge >= 0.3 is 0 Å². The van der Waals surface area contributed by atoms with Gasteiger partial charge in [-0.2, -0.15) is 0 Å². The van der Waals surface area contributed by atoms with E-state index < -0.39 is 0 Å². The maximum absolute atomic E-state index is 9.19. The van der Waals surface area contributed by atoms with E-state index in [1.807, 2.05) is 0 Å². The maximum atomic E-state index is 9.19. The topological polar surface area (TPSA) is 20.2 Å². The summed E-state index contributed by atoms with van der Waals surface area (Å²) in [6.07, 6.45) is 3.55. The molecule has 1 aliphatic carbocycles. The van der Waals surface area contributed by atoms with Crippen molar-refractivity contribution in [3.05, 3.63) is 0 Å². The van der Waals surface area contributed by atoms with Crippen LogP contribution in [0.25, 0.3) is 0 Å². The second-order valence-electron chi connectivity index (χ2n) is 2.67. The number of hydrogen-bond donors (Lipinski definition) is 1. The van der Waals surface area contributed by atoms with Crippen LogP contribution >= 0.6 is 0 Å². The molecule has 2 heteroatoms. The zero-order chi connectivity index (χ0) is 5.98. The van der Waals surface area contributed by atoms with Gasteiger partial charge < -0.3 is 5.11 Å². The summed E-state index contributed by atoms with van der Waals surface area (Å²) in [5, 5.41) is 9.19. The molecule has 0 heterocycles. The van der Waals surface area contributed by atoms with Gasteiger partial charge in [-0.15, -0.1) is 0 Å². The first kappa shape index (κ1) is 6.15. The van der Waals surface area contributed by atoms with Crippen molar-refractivity contribution in [2.75, 3.05) is 0 Å². The summed E-state index contributed by atoms with van der Waals surface area (Å²) >= 11 is 0. The molecule has 2 atom stereocenters. The summed E-state index contributed by atoms with van der Waals surface area (Å²) in [7, 11) is 1.15. The highest BCUT2D eigenvalue weighted by molar-refractivity contribution is 6.36. The summed E-state index contributed by atoms with van der Waals surface area (Å²) in [4.78, 5) is 0. The first-order valence-electron chi connectivity index (χ1n) is 3.52. The number of hydrogen-bond acceptors (Lipinski definition) is 1. The number of aliphatic hydroxyl groups is 1. The van der Waals surface area contributed by atoms with Crippen LogP contribution in [-0.2, 0) is 0 Å². The zero-order valence-electron chi connectivity index (χ0n) is 5.43. The molecule has 0 aliphatic heterocycles. The molecule has 0 aromatic rings. The van der Waals surface area contributed by atoms with Crippen LogP contribution in [0.5, 0.6) is 0 Å². The Labute approximate surface area is 51.3 Å². The van der Waals surface area contributed by atoms with Gasteiger partial charge in [0.05, 0.1) is 6.10 Å². The normalized spacial score (nSPS) is 37.8. The summed E-state index contributed by atoms with van der Waals surface area (Å²) < 4.78 is 0. The largest absolute Gasteiger partial charge is 0.394 e. The molecule has 0 radical (unpaired) electrons. The Morgan fingerprint density at radius 2 is 2.25 bits per heavy atom. The van der Waals surface area contributed by atoms with E-state index in [0.717, 1.165) is 13.7 Å². The minimum atomic E-state index is 0.0278. The van der Waals surface area contributed by atoms with Crippen LogP contribution in [0.2, 0.25) is 12.6 Å². The predicted molar refractivity (Wildman–Crippen MR) is 36.6 cm³/mol. The van der Waals surface area contributed by atoms with Crippen LogP contribution in [0.15, 0.2) is 0 Å². The highest BCUT2D eigenvalue weighted by Crippen LogP contribution is 2.29. The molecule has 0 amide bonds. The zero-order valence-corrected chi connectivity index (χ0v) is 5.43. The fourth-order valence-corrected chi connectivity index (χ4v) is 1.49. The molecule has 0 spiro atoms. The van der Waals surface area contributed by atoms with Gasteiger partial charge in [-0.05, 0) is 12.2 Å². The molecule has 0 aromatic carbocycles. The van der Waals surface area contributed by atoms with Gasteiger partial charge in [0.1, 0.15) is 7.28 Å². The smallest absolute Gasteiger partial charge is 0.124 e. The third kappa shape index (κ3) is 1.05. The summed E-state index contributed by atoms with van der Waals surface area (Å²) in [6, 6.07) is 0. The quantitative estimate of drug-likeness (QED) is 0.497. The van der Waals surface area contributed by atoms with Gasteiger partial charge in [0, 0.05) is 0 Å². The molecule has 8 heavy (non-hydrogen) atoms. The van der Waals surface area contributed by atoms with Crippen LogP contribution < -0.4 is 0 Å². The highest BCUT2D eigenvalue weighted by atomic mass is 16.3. The van der Waals surface area contributed by atoms with Crippen LogP contribution in [0.4, 0.5) is 0 Å². The monoisotopic (exact) mass is 112 g/mol. The molecule has 1 aliphatic rings. The first-order chi connectivity index (χ1) is 3.84. The number of rotatable bonds is 1. The van der Waals surface area contributed by atoms with E-state index in [9.17, 15) is 5.11 Å². The van der Waals surface area contributed by atoms with E-state index in [0.29, 0.717) is 5.82 Å². The lowest BCUT2D eigenvalue weighted by Gasteiger charge is -2.08. The van der Waals surface area contributed by atoms with Crippen LogP contribution in [-0.4, -0.2) is 18.5 Å². The van der Waals surface area contributed by atoms with Gasteiger partial charge in [0.25, 0.3) is 0 Å². The molecular formula is C6H13BO. The molecule has 1 saturated carbocycles. The van der Waals surface area contributed by atoms with Gasteiger partial charge in [-0.25, -0.2) is 0 Å². The minimum absolute atomic E-state index is 0.0278. The van der Waals surface area contributed by atoms with Gasteiger partial charge in [0.2, 0.25) is 0 Å². The van der Waals surface area contributed by atoms with Crippen LogP contribution in [0.1, 0.15) is 19.3 Å². The number of aliphatic hydroxyl groups excluding tert-OH is 1. The lowest BCUT2D eigenvalue weighted by molar-refractivity contribution is 0.183. The predicted octanol–water partition coefficient (Wildman–Crippen LogP) is 0.804. The third-order valence-corrected chi connectivity index (χ3v) is 2.14. The van der Waals surface area contributed by atoms with Crippen LogP contribution in [0.3, 0.4) is 0 Å². The molecule has 1 N–H and O–H groups in total. The van der Waals surface area contributed by atoms with E-state index >= 15 is 0 Å². The Bertz CT molecular complexity index is 74.9. The molecular weight excluding hydrogens is 98.9 g/mol. The molecule has 0 bridgehead atoms. The molecule has 0 aromatic heterocycles. The van der Waals surface area contributed by atoms with Crippen molar-refractivity contribution >= 4 is 7.28 Å². The Morgan fingerprint density at radius 1 is 1.50 bits per heavy atom. The highest BCUT2D eigenvalue weighted by Gasteiger charge is 2.23. The molecule has 1 fully saturated rings. The minimum Gasteiger partial charge on any atom is -0.394 e. The summed E-state index contributed by atoms with van der Waals surface area (Å²) in [6.45, 7) is 2.15. The lowest BCUT2D eigenvalue weighted by Crippen LogP contribution is -2.11. The second-order valence-corrected chi connectivity index (χ2v) is 2.67. The van der Waals surface area contributed by atoms with Gasteiger partial charge in [-0.1, -0.05) is 19.7 Å². The molecule has 1 rings (SSSR count). The van der Waals surface area contributed by atoms with Crippen molar-refractivity contribution < 1.29 is 5.11 Å². The van der Waals surface area contributed by atoms with Crippen molar-refractivity contribution in [2.24, 2.45) is 0 Å². The standard InChI is InChI=1S/C6H13BO/c1-7-5-3-2-4-6(5)8/h5-8H,2-4H2,1H3/t5?,6-/m1/s1. The maximum Gasteiger partial charge on any atom is 0.124 e. The molecule has 46 valence electrons. The summed E-state index contributed by atoms with van der Waals surface area (Å²) in [5.41, 5.74) is 0.